The summed E-state index contributed by atoms with van der Waals surface area (Å²) in [6.45, 7) is 1.66. The van der Waals surface area contributed by atoms with Gasteiger partial charge in [0.25, 0.3) is 0 Å². The largest absolute Gasteiger partial charge is 0.762 e. The van der Waals surface area contributed by atoms with Crippen LogP contribution in [0.1, 0.15) is 19.8 Å². The summed E-state index contributed by atoms with van der Waals surface area (Å²) < 4.78 is 4.65. The van der Waals surface area contributed by atoms with E-state index in [0.717, 1.165) is 6.42 Å². The van der Waals surface area contributed by atoms with Crippen LogP contribution in [0.15, 0.2) is 12.3 Å². The molecule has 0 aromatic heterocycles. The van der Waals surface area contributed by atoms with Gasteiger partial charge in [0.15, 0.2) is 0 Å². The van der Waals surface area contributed by atoms with Crippen molar-refractivity contribution in [3.8, 4) is 0 Å². The zero-order valence-corrected chi connectivity index (χ0v) is 6.86. The fraction of sp³-hybridized carbons (Fsp3) is 0.714. The summed E-state index contributed by atoms with van der Waals surface area (Å²) in [5, 5.41) is 18.6. The highest BCUT2D eigenvalue weighted by atomic mass is 16.8. The third-order valence-electron chi connectivity index (χ3n) is 1.36. The minimum atomic E-state index is -0.350. The minimum Gasteiger partial charge on any atom is -0.762 e. The Morgan fingerprint density at radius 3 is 2.82 bits per heavy atom. The van der Waals surface area contributed by atoms with Gasteiger partial charge < -0.3 is 15.2 Å². The van der Waals surface area contributed by atoms with Crippen molar-refractivity contribution in [2.24, 2.45) is 0 Å². The number of nitrogens with zero attached hydrogens (tertiary/aromatic N) is 1. The first-order valence-electron chi connectivity index (χ1n) is 3.51. The number of hydroxylamine groups is 2. The van der Waals surface area contributed by atoms with Crippen LogP contribution in [0.3, 0.4) is 0 Å². The van der Waals surface area contributed by atoms with E-state index in [2.05, 4.69) is 4.74 Å². The van der Waals surface area contributed by atoms with E-state index in [1.807, 2.05) is 0 Å². The van der Waals surface area contributed by atoms with Gasteiger partial charge in [-0.05, 0) is 25.8 Å². The van der Waals surface area contributed by atoms with Crippen molar-refractivity contribution in [2.45, 2.75) is 25.8 Å². The van der Waals surface area contributed by atoms with E-state index in [0.29, 0.717) is 6.42 Å². The van der Waals surface area contributed by atoms with Crippen LogP contribution in [-0.4, -0.2) is 23.6 Å². The van der Waals surface area contributed by atoms with E-state index in [9.17, 15) is 5.21 Å². The average molecular weight is 160 g/mol. The predicted octanol–water partition coefficient (Wildman–Crippen LogP) is 1.50. The summed E-state index contributed by atoms with van der Waals surface area (Å²) in [6.07, 6.45) is 4.72. The molecule has 0 amide bonds. The van der Waals surface area contributed by atoms with Gasteiger partial charge in [0.05, 0.1) is 13.4 Å². The highest BCUT2D eigenvalue weighted by Gasteiger charge is 1.98. The summed E-state index contributed by atoms with van der Waals surface area (Å²) in [7, 11) is 1.56. The van der Waals surface area contributed by atoms with Crippen molar-refractivity contribution in [1.29, 1.82) is 0 Å². The predicted molar refractivity (Wildman–Crippen MR) is 41.8 cm³/mol. The first kappa shape index (κ1) is 10.4. The topological polar surface area (TPSA) is 55.8 Å². The van der Waals surface area contributed by atoms with Crippen LogP contribution in [-0.2, 0) is 4.74 Å². The Morgan fingerprint density at radius 1 is 1.73 bits per heavy atom. The number of hydrogen-bond donors (Lipinski definition) is 1. The summed E-state index contributed by atoms with van der Waals surface area (Å²) in [5.41, 5.74) is 0. The van der Waals surface area contributed by atoms with Crippen molar-refractivity contribution >= 4 is 0 Å². The van der Waals surface area contributed by atoms with Gasteiger partial charge >= 0.3 is 0 Å². The van der Waals surface area contributed by atoms with E-state index in [-0.39, 0.29) is 11.3 Å². The smallest absolute Gasteiger partial charge is 0.0784 e. The van der Waals surface area contributed by atoms with Crippen molar-refractivity contribution in [3.05, 3.63) is 17.5 Å². The molecule has 0 aliphatic carbocycles. The van der Waals surface area contributed by atoms with Crippen LogP contribution >= 0.6 is 0 Å². The number of rotatable bonds is 5. The first-order valence-corrected chi connectivity index (χ1v) is 3.51. The molecule has 0 fully saturated rings. The molecule has 1 unspecified atom stereocenters. The molecule has 11 heavy (non-hydrogen) atoms. The number of methoxy groups -OCH3 is 1. The second-order valence-corrected chi connectivity index (χ2v) is 2.34. The molecule has 0 aliphatic heterocycles. The van der Waals surface area contributed by atoms with Gasteiger partial charge in [-0.1, -0.05) is 0 Å². The van der Waals surface area contributed by atoms with Crippen LogP contribution in [0.2, 0.25) is 0 Å². The Morgan fingerprint density at radius 2 is 2.36 bits per heavy atom. The maximum absolute atomic E-state index is 10.2. The third-order valence-corrected chi connectivity index (χ3v) is 1.36. The lowest BCUT2D eigenvalue weighted by Crippen LogP contribution is -2.22. The summed E-state index contributed by atoms with van der Waals surface area (Å²) >= 11 is 0. The molecule has 0 saturated heterocycles. The summed E-state index contributed by atoms with van der Waals surface area (Å²) in [6, 6.07) is -0.350. The fourth-order valence-corrected chi connectivity index (χ4v) is 0.612. The first-order chi connectivity index (χ1) is 5.18. The molecular formula is C7H14NO3-. The van der Waals surface area contributed by atoms with Crippen molar-refractivity contribution in [2.75, 3.05) is 7.11 Å². The quantitative estimate of drug-likeness (QED) is 0.489. The number of ether oxygens (including phenoxy) is 1. The van der Waals surface area contributed by atoms with E-state index < -0.39 is 0 Å². The molecule has 0 aliphatic rings. The van der Waals surface area contributed by atoms with Gasteiger partial charge in [0, 0.05) is 6.04 Å². The van der Waals surface area contributed by atoms with E-state index in [1.54, 1.807) is 26.4 Å². The third kappa shape index (κ3) is 5.84. The molecule has 1 atom stereocenters. The Balaban J connectivity index is 3.31. The van der Waals surface area contributed by atoms with Crippen molar-refractivity contribution in [3.63, 3.8) is 0 Å². The van der Waals surface area contributed by atoms with Gasteiger partial charge in [-0.15, -0.1) is 0 Å². The molecule has 0 spiro atoms. The molecule has 1 N–H and O–H groups in total. The second-order valence-electron chi connectivity index (χ2n) is 2.34. The van der Waals surface area contributed by atoms with Crippen LogP contribution in [0, 0.1) is 5.21 Å². The molecule has 0 saturated carbocycles. The highest BCUT2D eigenvalue weighted by molar-refractivity contribution is 4.75. The zero-order valence-electron chi connectivity index (χ0n) is 6.86. The Labute approximate surface area is 66.6 Å². The monoisotopic (exact) mass is 160 g/mol. The summed E-state index contributed by atoms with van der Waals surface area (Å²) in [5.74, 6) is 0. The van der Waals surface area contributed by atoms with E-state index >= 15 is 0 Å². The molecule has 0 heterocycles. The molecule has 66 valence electrons. The lowest BCUT2D eigenvalue weighted by atomic mass is 10.2. The highest BCUT2D eigenvalue weighted by Crippen LogP contribution is 2.02. The molecule has 0 aromatic rings. The second kappa shape index (κ2) is 6.15. The van der Waals surface area contributed by atoms with Crippen LogP contribution in [0.4, 0.5) is 0 Å². The molecule has 0 radical (unpaired) electrons. The van der Waals surface area contributed by atoms with Gasteiger partial charge in [0.1, 0.15) is 0 Å². The van der Waals surface area contributed by atoms with E-state index in [1.165, 1.54) is 0 Å². The lowest BCUT2D eigenvalue weighted by Gasteiger charge is -2.26. The summed E-state index contributed by atoms with van der Waals surface area (Å²) in [4.78, 5) is 0. The number of allylic oxidation sites excluding steroid dienone is 1. The van der Waals surface area contributed by atoms with E-state index in [4.69, 9.17) is 5.21 Å². The lowest BCUT2D eigenvalue weighted by molar-refractivity contribution is -0.0749. The van der Waals surface area contributed by atoms with Crippen LogP contribution in [0.5, 0.6) is 0 Å². The standard InChI is InChI=1S/C7H14NO3/c1-7(8(9)10)5-3-4-6-11-2/h4,6-7,9H,3,5H2,1-2H3/q-1/b6-4+. The number of hydrogen-bond acceptors (Lipinski definition) is 4. The van der Waals surface area contributed by atoms with Gasteiger partial charge in [-0.2, -0.15) is 0 Å². The van der Waals surface area contributed by atoms with Gasteiger partial charge in [-0.3, -0.25) is 5.23 Å². The fourth-order valence-electron chi connectivity index (χ4n) is 0.612. The van der Waals surface area contributed by atoms with Gasteiger partial charge in [-0.25, -0.2) is 0 Å². The van der Waals surface area contributed by atoms with Crippen molar-refractivity contribution in [1.82, 2.24) is 5.23 Å². The SMILES string of the molecule is CO/C=C/CCC(C)N([O-])O. The van der Waals surface area contributed by atoms with Crippen molar-refractivity contribution < 1.29 is 9.94 Å². The molecule has 4 heteroatoms. The molecule has 0 rings (SSSR count). The minimum absolute atomic E-state index is 0.0271. The maximum Gasteiger partial charge on any atom is 0.0784 e. The Kier molecular flexibility index (Phi) is 5.83. The molecule has 0 bridgehead atoms. The van der Waals surface area contributed by atoms with Crippen LogP contribution in [0.25, 0.3) is 0 Å². The molecule has 0 aromatic carbocycles. The van der Waals surface area contributed by atoms with Gasteiger partial charge in [0.2, 0.25) is 0 Å². The van der Waals surface area contributed by atoms with Crippen LogP contribution < -0.4 is 0 Å². The molecular weight excluding hydrogens is 146 g/mol. The molecule has 4 nitrogen and oxygen atoms in total. The Bertz CT molecular complexity index is 114. The normalized spacial score (nSPS) is 14.3. The average Bonchev–Trinajstić information content (AvgIpc) is 1.97. The Hall–Kier alpha value is -0.580. The maximum atomic E-state index is 10.2. The zero-order chi connectivity index (χ0) is 8.69.